The third-order valence-electron chi connectivity index (χ3n) is 5.49. The molecule has 4 nitrogen and oxygen atoms in total. The standard InChI is InChI=1S/C26H25N3O/c1-4-19-5-7-21(8-6-19)25(30)28-26(15-16-26)23-12-9-20(10-13-23)22-11-14-24(27-17-22)18-29(2)3/h1,5-14,17H,15-16,18H2,2-3H3,(H,28,30). The summed E-state index contributed by atoms with van der Waals surface area (Å²) in [4.78, 5) is 19.3. The first-order chi connectivity index (χ1) is 14.5. The largest absolute Gasteiger partial charge is 0.343 e. The minimum Gasteiger partial charge on any atom is -0.343 e. The summed E-state index contributed by atoms with van der Waals surface area (Å²) in [6, 6.07) is 19.7. The molecule has 0 radical (unpaired) electrons. The second-order valence-corrected chi connectivity index (χ2v) is 8.11. The number of amides is 1. The highest BCUT2D eigenvalue weighted by Gasteiger charge is 2.45. The number of terminal acetylenes is 1. The van der Waals surface area contributed by atoms with Gasteiger partial charge in [0.15, 0.2) is 0 Å². The van der Waals surface area contributed by atoms with E-state index >= 15 is 0 Å². The van der Waals surface area contributed by atoms with E-state index in [0.29, 0.717) is 5.56 Å². The van der Waals surface area contributed by atoms with Crippen molar-refractivity contribution >= 4 is 5.91 Å². The van der Waals surface area contributed by atoms with Crippen LogP contribution in [0.5, 0.6) is 0 Å². The lowest BCUT2D eigenvalue weighted by atomic mass is 9.99. The molecular weight excluding hydrogens is 370 g/mol. The summed E-state index contributed by atoms with van der Waals surface area (Å²) in [6.45, 7) is 0.826. The van der Waals surface area contributed by atoms with Crippen LogP contribution >= 0.6 is 0 Å². The third-order valence-corrected chi connectivity index (χ3v) is 5.49. The van der Waals surface area contributed by atoms with Crippen LogP contribution in [0.4, 0.5) is 0 Å². The Morgan fingerprint density at radius 3 is 2.23 bits per heavy atom. The predicted octanol–water partition coefficient (Wildman–Crippen LogP) is 4.21. The lowest BCUT2D eigenvalue weighted by molar-refractivity contribution is 0.0931. The van der Waals surface area contributed by atoms with Crippen LogP contribution in [0.3, 0.4) is 0 Å². The average molecular weight is 396 g/mol. The molecule has 0 unspecified atom stereocenters. The van der Waals surface area contributed by atoms with Gasteiger partial charge < -0.3 is 10.2 Å². The van der Waals surface area contributed by atoms with E-state index in [2.05, 4.69) is 57.5 Å². The van der Waals surface area contributed by atoms with E-state index in [9.17, 15) is 4.79 Å². The van der Waals surface area contributed by atoms with Crippen LogP contribution in [-0.4, -0.2) is 29.9 Å². The van der Waals surface area contributed by atoms with E-state index in [1.807, 2.05) is 20.3 Å². The summed E-state index contributed by atoms with van der Waals surface area (Å²) in [7, 11) is 4.07. The van der Waals surface area contributed by atoms with Gasteiger partial charge in [0.05, 0.1) is 11.2 Å². The molecule has 150 valence electrons. The molecule has 1 aliphatic carbocycles. The van der Waals surface area contributed by atoms with Crippen molar-refractivity contribution in [2.24, 2.45) is 0 Å². The number of nitrogens with zero attached hydrogens (tertiary/aromatic N) is 2. The van der Waals surface area contributed by atoms with Crippen molar-refractivity contribution in [1.82, 2.24) is 15.2 Å². The molecule has 1 saturated carbocycles. The monoisotopic (exact) mass is 395 g/mol. The van der Waals surface area contributed by atoms with Gasteiger partial charge in [0.1, 0.15) is 0 Å². The molecule has 1 fully saturated rings. The van der Waals surface area contributed by atoms with Crippen LogP contribution < -0.4 is 5.32 Å². The minimum atomic E-state index is -0.270. The summed E-state index contributed by atoms with van der Waals surface area (Å²) in [6.07, 6.45) is 9.20. The van der Waals surface area contributed by atoms with Crippen LogP contribution in [0.25, 0.3) is 11.1 Å². The maximum atomic E-state index is 12.7. The fraction of sp³-hybridized carbons (Fsp3) is 0.231. The average Bonchev–Trinajstić information content (AvgIpc) is 3.54. The number of rotatable bonds is 6. The Kier molecular flexibility index (Phi) is 5.39. The number of aromatic nitrogens is 1. The number of hydrogen-bond acceptors (Lipinski definition) is 3. The first kappa shape index (κ1) is 19.9. The minimum absolute atomic E-state index is 0.0687. The fourth-order valence-electron chi connectivity index (χ4n) is 3.61. The number of benzene rings is 2. The molecule has 0 atom stereocenters. The maximum Gasteiger partial charge on any atom is 0.251 e. The highest BCUT2D eigenvalue weighted by atomic mass is 16.1. The van der Waals surface area contributed by atoms with Gasteiger partial charge in [-0.1, -0.05) is 36.3 Å². The molecule has 3 aromatic rings. The zero-order valence-electron chi connectivity index (χ0n) is 17.4. The number of hydrogen-bond donors (Lipinski definition) is 1. The molecule has 2 aromatic carbocycles. The Morgan fingerprint density at radius 2 is 1.70 bits per heavy atom. The van der Waals surface area contributed by atoms with Gasteiger partial charge >= 0.3 is 0 Å². The van der Waals surface area contributed by atoms with E-state index in [4.69, 9.17) is 6.42 Å². The van der Waals surface area contributed by atoms with Crippen LogP contribution in [0, 0.1) is 12.3 Å². The topological polar surface area (TPSA) is 45.2 Å². The first-order valence-electron chi connectivity index (χ1n) is 10.1. The molecule has 1 aromatic heterocycles. The molecular formula is C26H25N3O. The van der Waals surface area contributed by atoms with Gasteiger partial charge in [-0.25, -0.2) is 0 Å². The first-order valence-corrected chi connectivity index (χ1v) is 10.1. The molecule has 4 rings (SSSR count). The normalized spacial score (nSPS) is 14.2. The van der Waals surface area contributed by atoms with Crippen LogP contribution in [-0.2, 0) is 12.1 Å². The number of pyridine rings is 1. The summed E-state index contributed by atoms with van der Waals surface area (Å²) in [5.41, 5.74) is 5.52. The van der Waals surface area contributed by atoms with Crippen LogP contribution in [0.2, 0.25) is 0 Å². The Hall–Kier alpha value is -3.42. The predicted molar refractivity (Wildman–Crippen MR) is 120 cm³/mol. The van der Waals surface area contributed by atoms with Gasteiger partial charge in [0.25, 0.3) is 5.91 Å². The fourth-order valence-corrected chi connectivity index (χ4v) is 3.61. The van der Waals surface area contributed by atoms with Crippen molar-refractivity contribution in [3.8, 4) is 23.5 Å². The quantitative estimate of drug-likeness (QED) is 0.636. The highest BCUT2D eigenvalue weighted by Crippen LogP contribution is 2.46. The van der Waals surface area contributed by atoms with E-state index in [0.717, 1.165) is 47.3 Å². The molecule has 0 aliphatic heterocycles. The van der Waals surface area contributed by atoms with Crippen molar-refractivity contribution in [3.63, 3.8) is 0 Å². The van der Waals surface area contributed by atoms with Crippen LogP contribution in [0.15, 0.2) is 66.9 Å². The Bertz CT molecular complexity index is 1070. The summed E-state index contributed by atoms with van der Waals surface area (Å²) in [5, 5.41) is 3.21. The van der Waals surface area contributed by atoms with E-state index in [-0.39, 0.29) is 11.4 Å². The number of nitrogens with one attached hydrogen (secondary N) is 1. The maximum absolute atomic E-state index is 12.7. The van der Waals surface area contributed by atoms with Crippen molar-refractivity contribution in [1.29, 1.82) is 0 Å². The van der Waals surface area contributed by atoms with E-state index in [1.54, 1.807) is 24.3 Å². The Labute approximate surface area is 178 Å². The number of carbonyl (C=O) groups excluding carboxylic acids is 1. The van der Waals surface area contributed by atoms with Gasteiger partial charge in [0.2, 0.25) is 0 Å². The summed E-state index contributed by atoms with van der Waals surface area (Å²) >= 11 is 0. The zero-order valence-corrected chi connectivity index (χ0v) is 17.4. The molecule has 1 amide bonds. The second kappa shape index (κ2) is 8.14. The Balaban J connectivity index is 1.46. The van der Waals surface area contributed by atoms with Gasteiger partial charge in [-0.2, -0.15) is 0 Å². The van der Waals surface area contributed by atoms with E-state index in [1.165, 1.54) is 0 Å². The van der Waals surface area contributed by atoms with Crippen molar-refractivity contribution < 1.29 is 4.79 Å². The summed E-state index contributed by atoms with van der Waals surface area (Å²) < 4.78 is 0. The molecule has 1 aliphatic rings. The molecule has 1 heterocycles. The van der Waals surface area contributed by atoms with Gasteiger partial charge in [-0.05, 0) is 68.4 Å². The lowest BCUT2D eigenvalue weighted by Crippen LogP contribution is -2.34. The van der Waals surface area contributed by atoms with Crippen molar-refractivity contribution in [2.45, 2.75) is 24.9 Å². The van der Waals surface area contributed by atoms with Gasteiger partial charge in [-0.3, -0.25) is 9.78 Å². The molecule has 30 heavy (non-hydrogen) atoms. The SMILES string of the molecule is C#Cc1ccc(C(=O)NC2(c3ccc(-c4ccc(CN(C)C)nc4)cc3)CC2)cc1. The van der Waals surface area contributed by atoms with Crippen molar-refractivity contribution in [2.75, 3.05) is 14.1 Å². The van der Waals surface area contributed by atoms with Crippen LogP contribution in [0.1, 0.15) is 40.0 Å². The molecule has 0 saturated heterocycles. The highest BCUT2D eigenvalue weighted by molar-refractivity contribution is 5.95. The van der Waals surface area contributed by atoms with Gasteiger partial charge in [-0.15, -0.1) is 6.42 Å². The second-order valence-electron chi connectivity index (χ2n) is 8.11. The van der Waals surface area contributed by atoms with Crippen molar-refractivity contribution in [3.05, 3.63) is 89.2 Å². The lowest BCUT2D eigenvalue weighted by Gasteiger charge is -2.18. The van der Waals surface area contributed by atoms with Gasteiger partial charge in [0, 0.05) is 29.4 Å². The Morgan fingerprint density at radius 1 is 1.03 bits per heavy atom. The smallest absolute Gasteiger partial charge is 0.251 e. The third kappa shape index (κ3) is 4.27. The molecule has 0 spiro atoms. The van der Waals surface area contributed by atoms with E-state index < -0.39 is 0 Å². The molecule has 1 N–H and O–H groups in total. The summed E-state index contributed by atoms with van der Waals surface area (Å²) in [5.74, 6) is 2.50. The number of carbonyl (C=O) groups is 1. The molecule has 0 bridgehead atoms. The zero-order chi connectivity index (χ0) is 21.1. The molecule has 4 heteroatoms.